The number of likely N-dealkylation sites (tertiary alicyclic amines) is 1. The molecule has 2 heterocycles. The van der Waals surface area contributed by atoms with Gasteiger partial charge in [-0.15, -0.1) is 0 Å². The summed E-state index contributed by atoms with van der Waals surface area (Å²) in [6, 6.07) is 7.59. The van der Waals surface area contributed by atoms with Gasteiger partial charge in [0, 0.05) is 24.6 Å². The van der Waals surface area contributed by atoms with E-state index in [9.17, 15) is 4.79 Å². The third kappa shape index (κ3) is 3.97. The van der Waals surface area contributed by atoms with Crippen molar-refractivity contribution in [3.63, 3.8) is 0 Å². The predicted octanol–water partition coefficient (Wildman–Crippen LogP) is 3.62. The van der Waals surface area contributed by atoms with Gasteiger partial charge in [0.15, 0.2) is 0 Å². The van der Waals surface area contributed by atoms with Crippen LogP contribution in [0.5, 0.6) is 0 Å². The van der Waals surface area contributed by atoms with E-state index in [1.165, 1.54) is 0 Å². The number of rotatable bonds is 6. The van der Waals surface area contributed by atoms with E-state index in [-0.39, 0.29) is 18.6 Å². The molecule has 1 amide bonds. The number of amides is 1. The maximum atomic E-state index is 12.2. The molecule has 0 spiro atoms. The van der Waals surface area contributed by atoms with Crippen LogP contribution >= 0.6 is 11.6 Å². The summed E-state index contributed by atoms with van der Waals surface area (Å²) in [5, 5.41) is 0.704. The van der Waals surface area contributed by atoms with E-state index in [1.807, 2.05) is 36.1 Å². The highest BCUT2D eigenvalue weighted by Crippen LogP contribution is 2.32. The fraction of sp³-hybridized carbons (Fsp3) is 0.444. The smallest absolute Gasteiger partial charge is 0.249 e. The molecule has 1 aliphatic heterocycles. The molecule has 128 valence electrons. The highest BCUT2D eigenvalue weighted by Gasteiger charge is 2.33. The highest BCUT2D eigenvalue weighted by atomic mass is 35.5. The number of carbonyl (C=O) groups excluding carboxylic acids is 1. The van der Waals surface area contributed by atoms with Gasteiger partial charge in [-0.3, -0.25) is 4.79 Å². The first kappa shape index (κ1) is 17.0. The molecule has 1 fully saturated rings. The number of halogens is 1. The summed E-state index contributed by atoms with van der Waals surface area (Å²) in [6.07, 6.45) is 4.19. The van der Waals surface area contributed by atoms with Gasteiger partial charge in [-0.1, -0.05) is 23.7 Å². The Labute approximate surface area is 146 Å². The largest absolute Gasteiger partial charge is 0.443 e. The molecule has 6 heteroatoms. The summed E-state index contributed by atoms with van der Waals surface area (Å²) in [6.45, 7) is 3.25. The van der Waals surface area contributed by atoms with Gasteiger partial charge in [0.2, 0.25) is 11.8 Å². The molecule has 0 aliphatic carbocycles. The molecule has 0 N–H and O–H groups in total. The molecule has 2 aromatic rings. The molecule has 0 bridgehead atoms. The number of hydrogen-bond donors (Lipinski definition) is 0. The Morgan fingerprint density at radius 2 is 2.38 bits per heavy atom. The van der Waals surface area contributed by atoms with Crippen LogP contribution in [0, 0.1) is 0 Å². The van der Waals surface area contributed by atoms with Crippen molar-refractivity contribution in [2.24, 2.45) is 0 Å². The van der Waals surface area contributed by atoms with Crippen molar-refractivity contribution in [3.05, 3.63) is 52.7 Å². The van der Waals surface area contributed by atoms with Gasteiger partial charge >= 0.3 is 0 Å². The lowest BCUT2D eigenvalue weighted by Gasteiger charge is -2.22. The van der Waals surface area contributed by atoms with Crippen LogP contribution in [0.2, 0.25) is 5.02 Å². The number of hydrogen-bond acceptors (Lipinski definition) is 4. The van der Waals surface area contributed by atoms with E-state index in [1.54, 1.807) is 6.20 Å². The number of oxazole rings is 1. The Hall–Kier alpha value is -1.85. The van der Waals surface area contributed by atoms with Crippen LogP contribution in [0.3, 0.4) is 0 Å². The molecule has 3 rings (SSSR count). The van der Waals surface area contributed by atoms with Gasteiger partial charge in [-0.25, -0.2) is 4.98 Å². The van der Waals surface area contributed by atoms with Crippen LogP contribution in [-0.4, -0.2) is 35.5 Å². The summed E-state index contributed by atoms with van der Waals surface area (Å²) < 4.78 is 11.1. The van der Waals surface area contributed by atoms with Crippen molar-refractivity contribution < 1.29 is 13.9 Å². The van der Waals surface area contributed by atoms with E-state index in [4.69, 9.17) is 20.8 Å². The second-order valence-corrected chi connectivity index (χ2v) is 6.29. The Kier molecular flexibility index (Phi) is 5.53. The van der Waals surface area contributed by atoms with E-state index >= 15 is 0 Å². The molecular formula is C18H21ClN2O3. The number of aromatic nitrogens is 1. The standard InChI is InChI=1S/C18H21ClN2O3/c1-2-23-12-17(22)21-8-4-7-16(21)18-20-11-15(24-18)10-13-5-3-6-14(19)9-13/h3,5-6,9,11,16H,2,4,7-8,10,12H2,1H3. The highest BCUT2D eigenvalue weighted by molar-refractivity contribution is 6.30. The summed E-state index contributed by atoms with van der Waals surface area (Å²) in [7, 11) is 0. The number of carbonyl (C=O) groups is 1. The number of nitrogens with zero attached hydrogens (tertiary/aromatic N) is 2. The topological polar surface area (TPSA) is 55.6 Å². The zero-order valence-corrected chi connectivity index (χ0v) is 14.5. The van der Waals surface area contributed by atoms with E-state index in [2.05, 4.69) is 4.98 Å². The summed E-state index contributed by atoms with van der Waals surface area (Å²) >= 11 is 6.01. The maximum Gasteiger partial charge on any atom is 0.249 e. The van der Waals surface area contributed by atoms with Gasteiger partial charge in [-0.2, -0.15) is 0 Å². The molecule has 1 unspecified atom stereocenters. The Morgan fingerprint density at radius 3 is 3.17 bits per heavy atom. The molecule has 5 nitrogen and oxygen atoms in total. The molecule has 1 atom stereocenters. The van der Waals surface area contributed by atoms with E-state index < -0.39 is 0 Å². The summed E-state index contributed by atoms with van der Waals surface area (Å²) in [4.78, 5) is 18.4. The van der Waals surface area contributed by atoms with E-state index in [0.717, 1.165) is 30.7 Å². The van der Waals surface area contributed by atoms with Crippen LogP contribution in [0.15, 0.2) is 34.9 Å². The van der Waals surface area contributed by atoms with Gasteiger partial charge < -0.3 is 14.1 Å². The average molecular weight is 349 g/mol. The minimum absolute atomic E-state index is 0.00561. The van der Waals surface area contributed by atoms with Crippen LogP contribution in [0.1, 0.15) is 43.0 Å². The van der Waals surface area contributed by atoms with Crippen molar-refractivity contribution in [2.75, 3.05) is 19.8 Å². The second-order valence-electron chi connectivity index (χ2n) is 5.85. The van der Waals surface area contributed by atoms with Crippen molar-refractivity contribution >= 4 is 17.5 Å². The lowest BCUT2D eigenvalue weighted by molar-refractivity contribution is -0.137. The molecule has 1 saturated heterocycles. The SMILES string of the molecule is CCOCC(=O)N1CCCC1c1ncc(Cc2cccc(Cl)c2)o1. The molecule has 0 saturated carbocycles. The van der Waals surface area contributed by atoms with Crippen LogP contribution in [-0.2, 0) is 16.0 Å². The predicted molar refractivity (Wildman–Crippen MR) is 90.9 cm³/mol. The van der Waals surface area contributed by atoms with Crippen molar-refractivity contribution in [1.82, 2.24) is 9.88 Å². The summed E-state index contributed by atoms with van der Waals surface area (Å²) in [5.41, 5.74) is 1.07. The minimum atomic E-state index is -0.0916. The van der Waals surface area contributed by atoms with E-state index in [0.29, 0.717) is 23.9 Å². The first-order chi connectivity index (χ1) is 11.7. The maximum absolute atomic E-state index is 12.2. The van der Waals surface area contributed by atoms with Crippen molar-refractivity contribution in [2.45, 2.75) is 32.2 Å². The first-order valence-electron chi connectivity index (χ1n) is 8.23. The Morgan fingerprint density at radius 1 is 1.50 bits per heavy atom. The van der Waals surface area contributed by atoms with Gasteiger partial charge in [0.25, 0.3) is 0 Å². The van der Waals surface area contributed by atoms with Gasteiger partial charge in [0.1, 0.15) is 18.4 Å². The molecule has 1 aromatic heterocycles. The van der Waals surface area contributed by atoms with Crippen molar-refractivity contribution in [1.29, 1.82) is 0 Å². The monoisotopic (exact) mass is 348 g/mol. The van der Waals surface area contributed by atoms with Gasteiger partial charge in [0.05, 0.1) is 6.20 Å². The van der Waals surface area contributed by atoms with Crippen molar-refractivity contribution in [3.8, 4) is 0 Å². The quantitative estimate of drug-likeness (QED) is 0.800. The van der Waals surface area contributed by atoms with Gasteiger partial charge in [-0.05, 0) is 37.5 Å². The average Bonchev–Trinajstić information content (AvgIpc) is 3.21. The Bertz CT molecular complexity index is 701. The van der Waals surface area contributed by atoms with Crippen LogP contribution in [0.4, 0.5) is 0 Å². The molecule has 1 aromatic carbocycles. The second kappa shape index (κ2) is 7.81. The third-order valence-corrected chi connectivity index (χ3v) is 4.36. The fourth-order valence-corrected chi connectivity index (χ4v) is 3.21. The van der Waals surface area contributed by atoms with Crippen LogP contribution < -0.4 is 0 Å². The third-order valence-electron chi connectivity index (χ3n) is 4.13. The molecule has 0 radical (unpaired) electrons. The number of benzene rings is 1. The lowest BCUT2D eigenvalue weighted by atomic mass is 10.1. The summed E-state index contributed by atoms with van der Waals surface area (Å²) in [5.74, 6) is 1.37. The number of ether oxygens (including phenoxy) is 1. The zero-order valence-electron chi connectivity index (χ0n) is 13.7. The molecular weight excluding hydrogens is 328 g/mol. The fourth-order valence-electron chi connectivity index (χ4n) is 3.00. The molecule has 1 aliphatic rings. The zero-order chi connectivity index (χ0) is 16.9. The van der Waals surface area contributed by atoms with Crippen LogP contribution in [0.25, 0.3) is 0 Å². The molecule has 24 heavy (non-hydrogen) atoms. The lowest BCUT2D eigenvalue weighted by Crippen LogP contribution is -2.33. The Balaban J connectivity index is 1.69. The minimum Gasteiger partial charge on any atom is -0.443 e. The normalized spacial score (nSPS) is 17.4. The first-order valence-corrected chi connectivity index (χ1v) is 8.61.